The lowest BCUT2D eigenvalue weighted by atomic mass is 10.3. The fourth-order valence-corrected chi connectivity index (χ4v) is 4.78. The maximum absolute atomic E-state index is 12.4. The summed E-state index contributed by atoms with van der Waals surface area (Å²) in [6, 6.07) is 14.0. The van der Waals surface area contributed by atoms with Gasteiger partial charge in [0.2, 0.25) is 15.9 Å². The number of hydrogen-bond acceptors (Lipinski definition) is 6. The number of ether oxygens (including phenoxy) is 1. The van der Waals surface area contributed by atoms with Crippen LogP contribution in [0, 0.1) is 0 Å². The molecule has 0 aliphatic rings. The number of nitrogens with zero attached hydrogens (tertiary/aromatic N) is 2. The van der Waals surface area contributed by atoms with Crippen LogP contribution in [0.3, 0.4) is 0 Å². The van der Waals surface area contributed by atoms with Gasteiger partial charge in [-0.1, -0.05) is 12.1 Å². The first-order chi connectivity index (χ1) is 13.9. The van der Waals surface area contributed by atoms with Crippen LogP contribution in [0.4, 0.5) is 0 Å². The zero-order valence-electron chi connectivity index (χ0n) is 16.3. The van der Waals surface area contributed by atoms with Crippen LogP contribution in [0.2, 0.25) is 0 Å². The van der Waals surface area contributed by atoms with E-state index in [1.165, 1.54) is 12.1 Å². The van der Waals surface area contributed by atoms with Crippen LogP contribution in [0.25, 0.3) is 10.2 Å². The highest BCUT2D eigenvalue weighted by molar-refractivity contribution is 7.89. The molecule has 7 nitrogen and oxygen atoms in total. The van der Waals surface area contributed by atoms with Gasteiger partial charge in [-0.15, -0.1) is 11.3 Å². The standard InChI is InChI=1S/C20H23N3O4S2/c1-3-27-15-8-10-16(11-9-15)29(25,26)21-13-12-20(24)23(2)14-19-22-17-6-4-5-7-18(17)28-19/h4-11,21H,3,12-14H2,1-2H3. The minimum Gasteiger partial charge on any atom is -0.494 e. The van der Waals surface area contributed by atoms with Crippen molar-refractivity contribution in [3.8, 4) is 5.75 Å². The molecule has 0 aliphatic carbocycles. The van der Waals surface area contributed by atoms with E-state index in [-0.39, 0.29) is 23.8 Å². The number of thiazole rings is 1. The molecular formula is C20H23N3O4S2. The normalized spacial score (nSPS) is 11.5. The van der Waals surface area contributed by atoms with Gasteiger partial charge >= 0.3 is 0 Å². The number of hydrogen-bond donors (Lipinski definition) is 1. The molecule has 2 aromatic carbocycles. The second kappa shape index (κ2) is 9.34. The van der Waals surface area contributed by atoms with Crippen molar-refractivity contribution in [2.75, 3.05) is 20.2 Å². The summed E-state index contributed by atoms with van der Waals surface area (Å²) in [5.74, 6) is 0.455. The van der Waals surface area contributed by atoms with E-state index in [1.54, 1.807) is 35.4 Å². The van der Waals surface area contributed by atoms with E-state index in [0.29, 0.717) is 18.9 Å². The van der Waals surface area contributed by atoms with Gasteiger partial charge in [-0.3, -0.25) is 4.79 Å². The summed E-state index contributed by atoms with van der Waals surface area (Å²) >= 11 is 1.55. The summed E-state index contributed by atoms with van der Waals surface area (Å²) in [5, 5.41) is 0.844. The van der Waals surface area contributed by atoms with Crippen LogP contribution in [-0.2, 0) is 21.4 Å². The van der Waals surface area contributed by atoms with Crippen LogP contribution >= 0.6 is 11.3 Å². The van der Waals surface area contributed by atoms with Gasteiger partial charge in [0.15, 0.2) is 0 Å². The van der Waals surface area contributed by atoms with Crippen LogP contribution in [0.5, 0.6) is 5.75 Å². The van der Waals surface area contributed by atoms with Crippen molar-refractivity contribution < 1.29 is 17.9 Å². The summed E-state index contributed by atoms with van der Waals surface area (Å²) < 4.78 is 33.6. The molecule has 1 amide bonds. The quantitative estimate of drug-likeness (QED) is 0.560. The summed E-state index contributed by atoms with van der Waals surface area (Å²) in [7, 11) is -1.99. The number of para-hydroxylation sites is 1. The van der Waals surface area contributed by atoms with Crippen molar-refractivity contribution in [1.82, 2.24) is 14.6 Å². The van der Waals surface area contributed by atoms with Crippen molar-refractivity contribution in [2.45, 2.75) is 24.8 Å². The lowest BCUT2D eigenvalue weighted by molar-refractivity contribution is -0.130. The molecule has 0 aliphatic heterocycles. The minimum atomic E-state index is -3.68. The monoisotopic (exact) mass is 433 g/mol. The summed E-state index contributed by atoms with van der Waals surface area (Å²) in [6.45, 7) is 2.79. The molecule has 29 heavy (non-hydrogen) atoms. The van der Waals surface area contributed by atoms with Crippen LogP contribution in [-0.4, -0.2) is 44.4 Å². The Morgan fingerprint density at radius 1 is 1.17 bits per heavy atom. The number of amides is 1. The second-order valence-electron chi connectivity index (χ2n) is 6.38. The smallest absolute Gasteiger partial charge is 0.240 e. The Morgan fingerprint density at radius 3 is 2.59 bits per heavy atom. The van der Waals surface area contributed by atoms with Crippen molar-refractivity contribution in [3.63, 3.8) is 0 Å². The fraction of sp³-hybridized carbons (Fsp3) is 0.300. The van der Waals surface area contributed by atoms with Crippen molar-refractivity contribution >= 4 is 37.5 Å². The Hall–Kier alpha value is -2.49. The third kappa shape index (κ3) is 5.53. The van der Waals surface area contributed by atoms with E-state index >= 15 is 0 Å². The molecule has 3 rings (SSSR count). The predicted molar refractivity (Wildman–Crippen MR) is 114 cm³/mol. The first kappa shape index (κ1) is 21.2. The van der Waals surface area contributed by atoms with Gasteiger partial charge < -0.3 is 9.64 Å². The third-order valence-electron chi connectivity index (χ3n) is 4.21. The average molecular weight is 434 g/mol. The largest absolute Gasteiger partial charge is 0.494 e. The number of carbonyl (C=O) groups excluding carboxylic acids is 1. The lowest BCUT2D eigenvalue weighted by Crippen LogP contribution is -2.31. The average Bonchev–Trinajstić information content (AvgIpc) is 3.10. The molecular weight excluding hydrogens is 410 g/mol. The molecule has 1 heterocycles. The Balaban J connectivity index is 1.51. The highest BCUT2D eigenvalue weighted by Crippen LogP contribution is 2.22. The molecule has 3 aromatic rings. The summed E-state index contributed by atoms with van der Waals surface area (Å²) in [6.07, 6.45) is 0.0671. The third-order valence-corrected chi connectivity index (χ3v) is 6.71. The Kier molecular flexibility index (Phi) is 6.83. The van der Waals surface area contributed by atoms with E-state index in [0.717, 1.165) is 15.2 Å². The molecule has 0 saturated carbocycles. The highest BCUT2D eigenvalue weighted by Gasteiger charge is 2.16. The van der Waals surface area contributed by atoms with Gasteiger partial charge in [0.05, 0.1) is 28.3 Å². The van der Waals surface area contributed by atoms with E-state index in [9.17, 15) is 13.2 Å². The number of carbonyl (C=O) groups is 1. The maximum Gasteiger partial charge on any atom is 0.240 e. The number of rotatable bonds is 9. The van der Waals surface area contributed by atoms with Crippen molar-refractivity contribution in [2.24, 2.45) is 0 Å². The van der Waals surface area contributed by atoms with Gasteiger partial charge in [-0.05, 0) is 43.3 Å². The molecule has 0 atom stereocenters. The maximum atomic E-state index is 12.4. The van der Waals surface area contributed by atoms with Crippen LogP contribution in [0.1, 0.15) is 18.4 Å². The van der Waals surface area contributed by atoms with E-state index < -0.39 is 10.0 Å². The molecule has 0 bridgehead atoms. The van der Waals surface area contributed by atoms with Crippen molar-refractivity contribution in [1.29, 1.82) is 0 Å². The van der Waals surface area contributed by atoms with Gasteiger partial charge in [-0.25, -0.2) is 18.1 Å². The van der Waals surface area contributed by atoms with E-state index in [2.05, 4.69) is 9.71 Å². The summed E-state index contributed by atoms with van der Waals surface area (Å²) in [5.41, 5.74) is 0.913. The molecule has 0 saturated heterocycles. The highest BCUT2D eigenvalue weighted by atomic mass is 32.2. The van der Waals surface area contributed by atoms with Crippen molar-refractivity contribution in [3.05, 3.63) is 53.5 Å². The zero-order chi connectivity index (χ0) is 20.9. The number of fused-ring (bicyclic) bond motifs is 1. The van der Waals surface area contributed by atoms with E-state index in [4.69, 9.17) is 4.74 Å². The molecule has 0 radical (unpaired) electrons. The van der Waals surface area contributed by atoms with E-state index in [1.807, 2.05) is 31.2 Å². The van der Waals surface area contributed by atoms with Gasteiger partial charge in [0.25, 0.3) is 0 Å². The topological polar surface area (TPSA) is 88.6 Å². The Morgan fingerprint density at radius 2 is 1.90 bits per heavy atom. The molecule has 0 unspecified atom stereocenters. The van der Waals surface area contributed by atoms with Crippen LogP contribution in [0.15, 0.2) is 53.4 Å². The molecule has 154 valence electrons. The molecule has 0 fully saturated rings. The fourth-order valence-electron chi connectivity index (χ4n) is 2.73. The lowest BCUT2D eigenvalue weighted by Gasteiger charge is -2.16. The van der Waals surface area contributed by atoms with Crippen LogP contribution < -0.4 is 9.46 Å². The van der Waals surface area contributed by atoms with Gasteiger partial charge in [0.1, 0.15) is 10.8 Å². The zero-order valence-corrected chi connectivity index (χ0v) is 17.9. The number of aromatic nitrogens is 1. The Bertz CT molecular complexity index is 1050. The first-order valence-corrected chi connectivity index (χ1v) is 11.5. The van der Waals surface area contributed by atoms with Gasteiger partial charge in [0, 0.05) is 20.0 Å². The minimum absolute atomic E-state index is 0.0264. The predicted octanol–water partition coefficient (Wildman–Crippen LogP) is 3.02. The number of benzene rings is 2. The molecule has 0 spiro atoms. The summed E-state index contributed by atoms with van der Waals surface area (Å²) in [4.78, 5) is 18.6. The second-order valence-corrected chi connectivity index (χ2v) is 9.26. The molecule has 9 heteroatoms. The SMILES string of the molecule is CCOc1ccc(S(=O)(=O)NCCC(=O)N(C)Cc2nc3ccccc3s2)cc1. The Labute approximate surface area is 174 Å². The first-order valence-electron chi connectivity index (χ1n) is 9.20. The number of sulfonamides is 1. The number of nitrogens with one attached hydrogen (secondary N) is 1. The molecule has 1 N–H and O–H groups in total. The van der Waals surface area contributed by atoms with Gasteiger partial charge in [-0.2, -0.15) is 0 Å². The molecule has 1 aromatic heterocycles.